The summed E-state index contributed by atoms with van der Waals surface area (Å²) in [5.74, 6) is 0. The lowest BCUT2D eigenvalue weighted by atomic mass is 10.2. The molecule has 4 nitrogen and oxygen atoms in total. The second kappa shape index (κ2) is 4.50. The SMILES string of the molecule is O=c1ncccn1CCc1ccncc1. The standard InChI is InChI=1S/C11H11N3O/c15-11-13-5-1-8-14(11)9-4-10-2-6-12-7-3-10/h1-3,5-8H,4,9H2. The minimum atomic E-state index is -0.202. The highest BCUT2D eigenvalue weighted by Gasteiger charge is 1.96. The van der Waals surface area contributed by atoms with Crippen LogP contribution in [0.5, 0.6) is 0 Å². The summed E-state index contributed by atoms with van der Waals surface area (Å²) in [5.41, 5.74) is 0.965. The second-order valence-electron chi connectivity index (χ2n) is 3.20. The van der Waals surface area contributed by atoms with Crippen molar-refractivity contribution in [3.05, 3.63) is 59.0 Å². The predicted octanol–water partition coefficient (Wildman–Crippen LogP) is 0.881. The number of nitrogens with zero attached hydrogens (tertiary/aromatic N) is 3. The van der Waals surface area contributed by atoms with Crippen molar-refractivity contribution in [3.63, 3.8) is 0 Å². The van der Waals surface area contributed by atoms with E-state index in [4.69, 9.17) is 0 Å². The third kappa shape index (κ3) is 2.49. The third-order valence-corrected chi connectivity index (χ3v) is 2.17. The van der Waals surface area contributed by atoms with Crippen LogP contribution >= 0.6 is 0 Å². The number of hydrogen-bond acceptors (Lipinski definition) is 3. The van der Waals surface area contributed by atoms with Crippen LogP contribution in [-0.4, -0.2) is 14.5 Å². The van der Waals surface area contributed by atoms with Crippen molar-refractivity contribution in [3.8, 4) is 0 Å². The largest absolute Gasteiger partial charge is 0.347 e. The summed E-state index contributed by atoms with van der Waals surface area (Å²) in [6, 6.07) is 5.65. The fourth-order valence-corrected chi connectivity index (χ4v) is 1.36. The highest BCUT2D eigenvalue weighted by Crippen LogP contribution is 1.98. The van der Waals surface area contributed by atoms with Gasteiger partial charge in [0.25, 0.3) is 0 Å². The molecule has 2 heterocycles. The van der Waals surface area contributed by atoms with Gasteiger partial charge in [-0.05, 0) is 30.2 Å². The van der Waals surface area contributed by atoms with Gasteiger partial charge in [0.05, 0.1) is 0 Å². The van der Waals surface area contributed by atoms with Crippen LogP contribution in [0.3, 0.4) is 0 Å². The minimum absolute atomic E-state index is 0.202. The zero-order chi connectivity index (χ0) is 10.5. The quantitative estimate of drug-likeness (QED) is 0.740. The van der Waals surface area contributed by atoms with Crippen molar-refractivity contribution >= 4 is 0 Å². The van der Waals surface area contributed by atoms with E-state index < -0.39 is 0 Å². The molecule has 4 heteroatoms. The molecule has 0 aliphatic heterocycles. The maximum Gasteiger partial charge on any atom is 0.347 e. The van der Waals surface area contributed by atoms with Gasteiger partial charge in [0, 0.05) is 31.3 Å². The maximum atomic E-state index is 11.3. The normalized spacial score (nSPS) is 10.1. The van der Waals surface area contributed by atoms with Gasteiger partial charge < -0.3 is 0 Å². The van der Waals surface area contributed by atoms with Crippen molar-refractivity contribution in [1.29, 1.82) is 0 Å². The molecule has 0 radical (unpaired) electrons. The van der Waals surface area contributed by atoms with E-state index in [1.165, 1.54) is 11.8 Å². The van der Waals surface area contributed by atoms with Crippen LogP contribution in [-0.2, 0) is 13.0 Å². The molecule has 2 rings (SSSR count). The molecule has 0 amide bonds. The van der Waals surface area contributed by atoms with E-state index in [0.29, 0.717) is 6.54 Å². The van der Waals surface area contributed by atoms with Crippen LogP contribution < -0.4 is 5.69 Å². The summed E-state index contributed by atoms with van der Waals surface area (Å²) >= 11 is 0. The Kier molecular flexibility index (Phi) is 2.88. The Morgan fingerprint density at radius 3 is 2.73 bits per heavy atom. The topological polar surface area (TPSA) is 47.8 Å². The van der Waals surface area contributed by atoms with E-state index in [1.807, 2.05) is 12.1 Å². The molecule has 15 heavy (non-hydrogen) atoms. The Morgan fingerprint density at radius 1 is 1.20 bits per heavy atom. The monoisotopic (exact) mass is 201 g/mol. The summed E-state index contributed by atoms with van der Waals surface area (Å²) in [4.78, 5) is 18.9. The molecule has 0 atom stereocenters. The number of hydrogen-bond donors (Lipinski definition) is 0. The van der Waals surface area contributed by atoms with Gasteiger partial charge in [0.15, 0.2) is 0 Å². The molecule has 0 aliphatic rings. The molecule has 0 saturated heterocycles. The highest BCUT2D eigenvalue weighted by atomic mass is 16.1. The first kappa shape index (κ1) is 9.58. The highest BCUT2D eigenvalue weighted by molar-refractivity contribution is 5.09. The molecule has 2 aromatic rings. The molecular weight excluding hydrogens is 190 g/mol. The molecule has 0 fully saturated rings. The van der Waals surface area contributed by atoms with Crippen molar-refractivity contribution in [2.75, 3.05) is 0 Å². The van der Waals surface area contributed by atoms with Crippen LogP contribution in [0, 0.1) is 0 Å². The summed E-state index contributed by atoms with van der Waals surface area (Å²) in [6.07, 6.45) is 7.57. The lowest BCUT2D eigenvalue weighted by Gasteiger charge is -2.03. The second-order valence-corrected chi connectivity index (χ2v) is 3.20. The molecular formula is C11H11N3O. The van der Waals surface area contributed by atoms with E-state index in [2.05, 4.69) is 9.97 Å². The fraction of sp³-hybridized carbons (Fsp3) is 0.182. The Bertz CT molecular complexity index is 478. The van der Waals surface area contributed by atoms with Gasteiger partial charge in [-0.3, -0.25) is 9.55 Å². The molecule has 0 aliphatic carbocycles. The molecule has 0 spiro atoms. The van der Waals surface area contributed by atoms with Crippen molar-refractivity contribution in [2.45, 2.75) is 13.0 Å². The first-order chi connectivity index (χ1) is 7.36. The van der Waals surface area contributed by atoms with Gasteiger partial charge in [-0.2, -0.15) is 0 Å². The van der Waals surface area contributed by atoms with Gasteiger partial charge in [-0.1, -0.05) is 0 Å². The summed E-state index contributed by atoms with van der Waals surface area (Å²) < 4.78 is 1.60. The zero-order valence-electron chi connectivity index (χ0n) is 8.21. The van der Waals surface area contributed by atoms with Gasteiger partial charge in [-0.25, -0.2) is 9.78 Å². The van der Waals surface area contributed by atoms with Crippen LogP contribution in [0.15, 0.2) is 47.8 Å². The molecule has 2 aromatic heterocycles. The Morgan fingerprint density at radius 2 is 2.00 bits per heavy atom. The number of pyridine rings is 1. The van der Waals surface area contributed by atoms with Gasteiger partial charge in [0.2, 0.25) is 0 Å². The van der Waals surface area contributed by atoms with Crippen LogP contribution in [0.25, 0.3) is 0 Å². The maximum absolute atomic E-state index is 11.3. The van der Waals surface area contributed by atoms with Crippen LogP contribution in [0.4, 0.5) is 0 Å². The number of rotatable bonds is 3. The average molecular weight is 201 g/mol. The van der Waals surface area contributed by atoms with Gasteiger partial charge in [0.1, 0.15) is 0 Å². The smallest absolute Gasteiger partial charge is 0.299 e. The minimum Gasteiger partial charge on any atom is -0.299 e. The zero-order valence-corrected chi connectivity index (χ0v) is 8.21. The molecule has 0 N–H and O–H groups in total. The first-order valence-electron chi connectivity index (χ1n) is 4.76. The summed E-state index contributed by atoms with van der Waals surface area (Å²) in [6.45, 7) is 0.649. The van der Waals surface area contributed by atoms with Gasteiger partial charge in [-0.15, -0.1) is 0 Å². The molecule has 0 unspecified atom stereocenters. The third-order valence-electron chi connectivity index (χ3n) is 2.17. The lowest BCUT2D eigenvalue weighted by molar-refractivity contribution is 0.648. The fourth-order valence-electron chi connectivity index (χ4n) is 1.36. The van der Waals surface area contributed by atoms with Crippen molar-refractivity contribution < 1.29 is 0 Å². The van der Waals surface area contributed by atoms with Crippen molar-refractivity contribution in [2.24, 2.45) is 0 Å². The summed E-state index contributed by atoms with van der Waals surface area (Å²) in [5, 5.41) is 0. The van der Waals surface area contributed by atoms with E-state index in [9.17, 15) is 4.79 Å². The molecule has 0 aromatic carbocycles. The number of aromatic nitrogens is 3. The molecule has 0 saturated carbocycles. The number of aryl methyl sites for hydroxylation is 2. The summed E-state index contributed by atoms with van der Waals surface area (Å²) in [7, 11) is 0. The molecule has 76 valence electrons. The first-order valence-corrected chi connectivity index (χ1v) is 4.76. The van der Waals surface area contributed by atoms with E-state index in [1.54, 1.807) is 29.2 Å². The average Bonchev–Trinajstić information content (AvgIpc) is 2.29. The van der Waals surface area contributed by atoms with E-state index in [-0.39, 0.29) is 5.69 Å². The van der Waals surface area contributed by atoms with Crippen molar-refractivity contribution in [1.82, 2.24) is 14.5 Å². The van der Waals surface area contributed by atoms with Gasteiger partial charge >= 0.3 is 5.69 Å². The van der Waals surface area contributed by atoms with E-state index in [0.717, 1.165) is 6.42 Å². The Hall–Kier alpha value is -1.97. The predicted molar refractivity (Wildman–Crippen MR) is 56.4 cm³/mol. The van der Waals surface area contributed by atoms with E-state index >= 15 is 0 Å². The van der Waals surface area contributed by atoms with Crippen LogP contribution in [0.1, 0.15) is 5.56 Å². The Labute approximate surface area is 87.2 Å². The molecule has 0 bridgehead atoms. The van der Waals surface area contributed by atoms with Crippen LogP contribution in [0.2, 0.25) is 0 Å². The Balaban J connectivity index is 2.06. The lowest BCUT2D eigenvalue weighted by Crippen LogP contribution is -2.22.